The molecule has 2 aliphatic carbocycles. The van der Waals surface area contributed by atoms with Crippen LogP contribution in [0.5, 0.6) is 0 Å². The second-order valence-corrected chi connectivity index (χ2v) is 3.75. The van der Waals surface area contributed by atoms with E-state index in [0.717, 1.165) is 0 Å². The summed E-state index contributed by atoms with van der Waals surface area (Å²) in [6.07, 6.45) is -2.71. The predicted molar refractivity (Wildman–Crippen MR) is 36.9 cm³/mol. The van der Waals surface area contributed by atoms with Crippen LogP contribution in [0.15, 0.2) is 0 Å². The Hall–Kier alpha value is -0.290. The molecular weight excluding hydrogens is 169 g/mol. The van der Waals surface area contributed by atoms with Crippen LogP contribution in [-0.2, 0) is 0 Å². The van der Waals surface area contributed by atoms with E-state index in [1.165, 1.54) is 0 Å². The van der Waals surface area contributed by atoms with Crippen LogP contribution in [0, 0.1) is 11.8 Å². The van der Waals surface area contributed by atoms with Crippen LogP contribution in [0.3, 0.4) is 0 Å². The number of hydrazine groups is 1. The molecule has 0 amide bonds. The van der Waals surface area contributed by atoms with Crippen LogP contribution < -0.4 is 11.3 Å². The third-order valence-electron chi connectivity index (χ3n) is 3.23. The van der Waals surface area contributed by atoms with Crippen molar-refractivity contribution in [3.63, 3.8) is 0 Å². The van der Waals surface area contributed by atoms with E-state index in [1.807, 2.05) is 5.43 Å². The number of fused-ring (bicyclic) bond motifs is 1. The summed E-state index contributed by atoms with van der Waals surface area (Å²) >= 11 is 0. The Bertz CT molecular complexity index is 203. The standard InChI is InChI=1S/C7H11F3N2/c8-7(9,10)6(12-11)2-1-4-3-5(4)6/h4-5,12H,1-3,11H2/t4?,5-,6?/m0/s1. The molecule has 0 heterocycles. The highest BCUT2D eigenvalue weighted by Crippen LogP contribution is 2.61. The van der Waals surface area contributed by atoms with Crippen LogP contribution in [0.25, 0.3) is 0 Å². The lowest BCUT2D eigenvalue weighted by atomic mass is 9.93. The number of hydrogen-bond donors (Lipinski definition) is 2. The molecule has 0 saturated heterocycles. The minimum absolute atomic E-state index is 0.141. The van der Waals surface area contributed by atoms with Gasteiger partial charge in [0.05, 0.1) is 0 Å². The van der Waals surface area contributed by atoms with Gasteiger partial charge in [-0.15, -0.1) is 0 Å². The number of rotatable bonds is 1. The molecule has 2 fully saturated rings. The van der Waals surface area contributed by atoms with E-state index in [1.54, 1.807) is 0 Å². The zero-order chi connectivity index (χ0) is 8.98. The minimum Gasteiger partial charge on any atom is -0.271 e. The lowest BCUT2D eigenvalue weighted by molar-refractivity contribution is -0.201. The second-order valence-electron chi connectivity index (χ2n) is 3.75. The molecule has 0 spiro atoms. The molecule has 0 bridgehead atoms. The first-order valence-electron chi connectivity index (χ1n) is 4.06. The molecule has 3 atom stereocenters. The van der Waals surface area contributed by atoms with Crippen molar-refractivity contribution in [2.24, 2.45) is 17.7 Å². The summed E-state index contributed by atoms with van der Waals surface area (Å²) in [7, 11) is 0. The van der Waals surface area contributed by atoms with Gasteiger partial charge < -0.3 is 0 Å². The number of alkyl halides is 3. The van der Waals surface area contributed by atoms with Gasteiger partial charge in [0.25, 0.3) is 0 Å². The molecule has 0 aromatic carbocycles. The van der Waals surface area contributed by atoms with E-state index in [2.05, 4.69) is 0 Å². The molecule has 2 aliphatic rings. The van der Waals surface area contributed by atoms with Crippen molar-refractivity contribution < 1.29 is 13.2 Å². The Labute approximate surface area is 68.3 Å². The quantitative estimate of drug-likeness (QED) is 0.469. The third kappa shape index (κ3) is 0.835. The minimum atomic E-state index is -4.20. The fourth-order valence-corrected chi connectivity index (χ4v) is 2.38. The zero-order valence-corrected chi connectivity index (χ0v) is 6.49. The van der Waals surface area contributed by atoms with Crippen LogP contribution in [0.2, 0.25) is 0 Å². The van der Waals surface area contributed by atoms with Crippen molar-refractivity contribution >= 4 is 0 Å². The molecule has 0 aromatic rings. The zero-order valence-electron chi connectivity index (χ0n) is 6.49. The van der Waals surface area contributed by atoms with Crippen molar-refractivity contribution in [2.75, 3.05) is 0 Å². The maximum absolute atomic E-state index is 12.6. The largest absolute Gasteiger partial charge is 0.408 e. The normalized spacial score (nSPS) is 46.0. The van der Waals surface area contributed by atoms with Gasteiger partial charge in [0.2, 0.25) is 0 Å². The topological polar surface area (TPSA) is 38.0 Å². The van der Waals surface area contributed by atoms with Gasteiger partial charge in [0.15, 0.2) is 0 Å². The summed E-state index contributed by atoms with van der Waals surface area (Å²) in [5, 5.41) is 0. The molecule has 2 unspecified atom stereocenters. The van der Waals surface area contributed by atoms with Crippen molar-refractivity contribution in [1.82, 2.24) is 5.43 Å². The Balaban J connectivity index is 2.25. The molecule has 2 nitrogen and oxygen atoms in total. The summed E-state index contributed by atoms with van der Waals surface area (Å²) < 4.78 is 37.7. The molecule has 2 rings (SSSR count). The molecule has 12 heavy (non-hydrogen) atoms. The van der Waals surface area contributed by atoms with Gasteiger partial charge in [0, 0.05) is 0 Å². The summed E-state index contributed by atoms with van der Waals surface area (Å²) in [6, 6.07) is 0. The Morgan fingerprint density at radius 2 is 2.08 bits per heavy atom. The molecule has 2 saturated carbocycles. The average molecular weight is 180 g/mol. The average Bonchev–Trinajstić information content (AvgIpc) is 2.63. The van der Waals surface area contributed by atoms with Crippen molar-refractivity contribution in [1.29, 1.82) is 0 Å². The molecule has 5 heteroatoms. The fraction of sp³-hybridized carbons (Fsp3) is 1.00. The van der Waals surface area contributed by atoms with Gasteiger partial charge >= 0.3 is 6.18 Å². The van der Waals surface area contributed by atoms with E-state index >= 15 is 0 Å². The molecule has 0 aromatic heterocycles. The lowest BCUT2D eigenvalue weighted by Crippen LogP contribution is -2.60. The highest BCUT2D eigenvalue weighted by molar-refractivity contribution is 5.14. The van der Waals surface area contributed by atoms with E-state index in [-0.39, 0.29) is 18.3 Å². The van der Waals surface area contributed by atoms with Gasteiger partial charge in [-0.1, -0.05) is 0 Å². The fourth-order valence-electron chi connectivity index (χ4n) is 2.38. The summed E-state index contributed by atoms with van der Waals surface area (Å²) in [5.74, 6) is 5.01. The van der Waals surface area contributed by atoms with Crippen molar-refractivity contribution in [3.05, 3.63) is 0 Å². The maximum Gasteiger partial charge on any atom is 0.408 e. The third-order valence-corrected chi connectivity index (χ3v) is 3.23. The SMILES string of the molecule is NNC1(C(F)(F)F)CCC2C[C@@H]21. The second kappa shape index (κ2) is 2.14. The first kappa shape index (κ1) is 8.31. The Kier molecular flexibility index (Phi) is 1.48. The highest BCUT2D eigenvalue weighted by atomic mass is 19.4. The van der Waals surface area contributed by atoms with Gasteiger partial charge in [-0.2, -0.15) is 13.2 Å². The van der Waals surface area contributed by atoms with Gasteiger partial charge in [-0.05, 0) is 31.1 Å². The smallest absolute Gasteiger partial charge is 0.271 e. The van der Waals surface area contributed by atoms with E-state index in [9.17, 15) is 13.2 Å². The van der Waals surface area contributed by atoms with E-state index in [0.29, 0.717) is 12.8 Å². The number of nitrogens with one attached hydrogen (secondary N) is 1. The molecule has 3 N–H and O–H groups in total. The monoisotopic (exact) mass is 180 g/mol. The Morgan fingerprint density at radius 3 is 2.25 bits per heavy atom. The summed E-state index contributed by atoms with van der Waals surface area (Å²) in [6.45, 7) is 0. The first-order chi connectivity index (χ1) is 5.51. The van der Waals surface area contributed by atoms with Crippen LogP contribution in [0.1, 0.15) is 19.3 Å². The lowest BCUT2D eigenvalue weighted by Gasteiger charge is -2.32. The van der Waals surface area contributed by atoms with Crippen LogP contribution in [-0.4, -0.2) is 11.7 Å². The Morgan fingerprint density at radius 1 is 1.42 bits per heavy atom. The summed E-state index contributed by atoms with van der Waals surface area (Å²) in [5.41, 5.74) is 0.218. The molecule has 70 valence electrons. The van der Waals surface area contributed by atoms with E-state index < -0.39 is 11.7 Å². The molecular formula is C7H11F3N2. The molecule has 0 aliphatic heterocycles. The van der Waals surface area contributed by atoms with Crippen LogP contribution >= 0.6 is 0 Å². The van der Waals surface area contributed by atoms with Crippen molar-refractivity contribution in [3.8, 4) is 0 Å². The van der Waals surface area contributed by atoms with E-state index in [4.69, 9.17) is 5.84 Å². The van der Waals surface area contributed by atoms with Gasteiger partial charge in [-0.3, -0.25) is 5.84 Å². The maximum atomic E-state index is 12.6. The summed E-state index contributed by atoms with van der Waals surface area (Å²) in [4.78, 5) is 0. The number of hydrogen-bond acceptors (Lipinski definition) is 2. The predicted octanol–water partition coefficient (Wildman–Crippen LogP) is 1.18. The number of nitrogens with two attached hydrogens (primary N) is 1. The highest BCUT2D eigenvalue weighted by Gasteiger charge is 2.69. The number of halogens is 3. The van der Waals surface area contributed by atoms with Crippen molar-refractivity contribution in [2.45, 2.75) is 31.0 Å². The van der Waals surface area contributed by atoms with Crippen LogP contribution in [0.4, 0.5) is 13.2 Å². The first-order valence-corrected chi connectivity index (χ1v) is 4.06. The molecule has 0 radical (unpaired) electrons. The van der Waals surface area contributed by atoms with Gasteiger partial charge in [-0.25, -0.2) is 5.43 Å². The van der Waals surface area contributed by atoms with Gasteiger partial charge in [0.1, 0.15) is 5.54 Å².